The van der Waals surface area contributed by atoms with Crippen LogP contribution in [0.4, 0.5) is 0 Å². The lowest BCUT2D eigenvalue weighted by Crippen LogP contribution is -2.41. The number of rotatable bonds is 5. The minimum Gasteiger partial charge on any atom is -0.376 e. The lowest BCUT2D eigenvalue weighted by molar-refractivity contribution is -0.0484. The molecule has 2 saturated carbocycles. The summed E-state index contributed by atoms with van der Waals surface area (Å²) >= 11 is 0. The van der Waals surface area contributed by atoms with Crippen molar-refractivity contribution in [2.75, 3.05) is 6.61 Å². The molecule has 2 aliphatic rings. The summed E-state index contributed by atoms with van der Waals surface area (Å²) < 4.78 is 6.32. The minimum atomic E-state index is 0.264. The SMILES string of the molecule is CC1CCC(C(C)C)C(OCC(N)C2CCCCC2)C1. The number of hydrogen-bond acceptors (Lipinski definition) is 2. The molecule has 0 aliphatic heterocycles. The number of nitrogens with two attached hydrogens (primary N) is 1. The van der Waals surface area contributed by atoms with Gasteiger partial charge < -0.3 is 10.5 Å². The van der Waals surface area contributed by atoms with Crippen LogP contribution in [0, 0.1) is 23.7 Å². The fourth-order valence-electron chi connectivity index (χ4n) is 4.24. The molecular formula is C18H35NO. The summed E-state index contributed by atoms with van der Waals surface area (Å²) in [6, 6.07) is 0.264. The van der Waals surface area contributed by atoms with Crippen LogP contribution in [-0.2, 0) is 4.74 Å². The van der Waals surface area contributed by atoms with Crippen LogP contribution >= 0.6 is 0 Å². The van der Waals surface area contributed by atoms with E-state index in [0.717, 1.165) is 24.4 Å². The van der Waals surface area contributed by atoms with Crippen molar-refractivity contribution in [2.24, 2.45) is 29.4 Å². The van der Waals surface area contributed by atoms with Gasteiger partial charge in [-0.05, 0) is 49.4 Å². The Balaban J connectivity index is 1.80. The maximum Gasteiger partial charge on any atom is 0.0624 e. The third-order valence-corrected chi connectivity index (χ3v) is 5.72. The van der Waals surface area contributed by atoms with Crippen molar-refractivity contribution in [1.29, 1.82) is 0 Å². The smallest absolute Gasteiger partial charge is 0.0624 e. The van der Waals surface area contributed by atoms with Crippen molar-refractivity contribution in [3.63, 3.8) is 0 Å². The fraction of sp³-hybridized carbons (Fsp3) is 1.00. The molecule has 0 spiro atoms. The highest BCUT2D eigenvalue weighted by molar-refractivity contribution is 4.83. The van der Waals surface area contributed by atoms with Crippen molar-refractivity contribution in [2.45, 2.75) is 84.3 Å². The van der Waals surface area contributed by atoms with Gasteiger partial charge in [-0.2, -0.15) is 0 Å². The van der Waals surface area contributed by atoms with Crippen molar-refractivity contribution < 1.29 is 4.74 Å². The van der Waals surface area contributed by atoms with Crippen molar-refractivity contribution in [3.8, 4) is 0 Å². The Bertz CT molecular complexity index is 273. The summed E-state index contributed by atoms with van der Waals surface area (Å²) in [4.78, 5) is 0. The Morgan fingerprint density at radius 1 is 1.05 bits per heavy atom. The van der Waals surface area contributed by atoms with Gasteiger partial charge in [-0.15, -0.1) is 0 Å². The molecule has 118 valence electrons. The van der Waals surface area contributed by atoms with E-state index in [0.29, 0.717) is 12.0 Å². The topological polar surface area (TPSA) is 35.2 Å². The zero-order valence-electron chi connectivity index (χ0n) is 13.8. The predicted octanol–water partition coefficient (Wildman–Crippen LogP) is 4.37. The Morgan fingerprint density at radius 3 is 2.40 bits per heavy atom. The summed E-state index contributed by atoms with van der Waals surface area (Å²) in [5.41, 5.74) is 6.40. The van der Waals surface area contributed by atoms with Gasteiger partial charge in [0.25, 0.3) is 0 Å². The zero-order valence-corrected chi connectivity index (χ0v) is 13.8. The van der Waals surface area contributed by atoms with Crippen LogP contribution in [-0.4, -0.2) is 18.8 Å². The van der Waals surface area contributed by atoms with E-state index in [4.69, 9.17) is 10.5 Å². The van der Waals surface area contributed by atoms with E-state index in [1.54, 1.807) is 0 Å². The summed E-state index contributed by atoms with van der Waals surface area (Å²) in [6.07, 6.45) is 11.2. The summed E-state index contributed by atoms with van der Waals surface area (Å²) in [5.74, 6) is 3.01. The fourth-order valence-corrected chi connectivity index (χ4v) is 4.24. The van der Waals surface area contributed by atoms with Gasteiger partial charge in [-0.25, -0.2) is 0 Å². The van der Waals surface area contributed by atoms with Crippen LogP contribution < -0.4 is 5.73 Å². The molecule has 4 unspecified atom stereocenters. The molecule has 2 N–H and O–H groups in total. The summed E-state index contributed by atoms with van der Waals surface area (Å²) in [7, 11) is 0. The molecule has 2 aliphatic carbocycles. The molecular weight excluding hydrogens is 246 g/mol. The van der Waals surface area contributed by atoms with Gasteiger partial charge in [0.1, 0.15) is 0 Å². The van der Waals surface area contributed by atoms with Gasteiger partial charge in [-0.1, -0.05) is 46.5 Å². The molecule has 0 amide bonds. The second kappa shape index (κ2) is 7.79. The first-order chi connectivity index (χ1) is 9.58. The summed E-state index contributed by atoms with van der Waals surface area (Å²) in [5, 5.41) is 0. The normalized spacial score (nSPS) is 34.4. The standard InChI is InChI=1S/C18H35NO/c1-13(2)16-10-9-14(3)11-18(16)20-12-17(19)15-7-5-4-6-8-15/h13-18H,4-12,19H2,1-3H3. The average molecular weight is 281 g/mol. The highest BCUT2D eigenvalue weighted by Gasteiger charge is 2.32. The first kappa shape index (κ1) is 16.3. The van der Waals surface area contributed by atoms with Crippen LogP contribution in [0.3, 0.4) is 0 Å². The molecule has 2 nitrogen and oxygen atoms in total. The highest BCUT2D eigenvalue weighted by atomic mass is 16.5. The lowest BCUT2D eigenvalue weighted by Gasteiger charge is -2.38. The van der Waals surface area contributed by atoms with Gasteiger partial charge in [0.05, 0.1) is 12.7 Å². The van der Waals surface area contributed by atoms with Crippen molar-refractivity contribution in [3.05, 3.63) is 0 Å². The van der Waals surface area contributed by atoms with E-state index >= 15 is 0 Å². The Kier molecular flexibility index (Phi) is 6.35. The van der Waals surface area contributed by atoms with Gasteiger partial charge in [-0.3, -0.25) is 0 Å². The summed E-state index contributed by atoms with van der Waals surface area (Å²) in [6.45, 7) is 7.84. The zero-order chi connectivity index (χ0) is 14.5. The molecule has 0 aromatic rings. The van der Waals surface area contributed by atoms with Crippen molar-refractivity contribution in [1.82, 2.24) is 0 Å². The van der Waals surface area contributed by atoms with E-state index in [1.807, 2.05) is 0 Å². The van der Waals surface area contributed by atoms with Gasteiger partial charge >= 0.3 is 0 Å². The predicted molar refractivity (Wildman–Crippen MR) is 85.6 cm³/mol. The van der Waals surface area contributed by atoms with Crippen LogP contribution in [0.2, 0.25) is 0 Å². The lowest BCUT2D eigenvalue weighted by atomic mass is 9.75. The van der Waals surface area contributed by atoms with E-state index in [9.17, 15) is 0 Å². The van der Waals surface area contributed by atoms with E-state index in [1.165, 1.54) is 51.4 Å². The molecule has 2 fully saturated rings. The minimum absolute atomic E-state index is 0.264. The van der Waals surface area contributed by atoms with E-state index < -0.39 is 0 Å². The van der Waals surface area contributed by atoms with E-state index in [-0.39, 0.29) is 6.04 Å². The van der Waals surface area contributed by atoms with Crippen molar-refractivity contribution >= 4 is 0 Å². The first-order valence-electron chi connectivity index (χ1n) is 8.95. The van der Waals surface area contributed by atoms with Crippen LogP contribution in [0.1, 0.15) is 72.1 Å². The largest absolute Gasteiger partial charge is 0.376 e. The molecule has 2 heteroatoms. The van der Waals surface area contributed by atoms with Gasteiger partial charge in [0, 0.05) is 6.04 Å². The molecule has 0 aromatic heterocycles. The number of hydrogen-bond donors (Lipinski definition) is 1. The highest BCUT2D eigenvalue weighted by Crippen LogP contribution is 2.35. The quantitative estimate of drug-likeness (QED) is 0.812. The second-order valence-corrected chi connectivity index (χ2v) is 7.76. The Labute approximate surface area is 125 Å². The number of ether oxygens (including phenoxy) is 1. The molecule has 0 saturated heterocycles. The Morgan fingerprint density at radius 2 is 1.75 bits per heavy atom. The van der Waals surface area contributed by atoms with E-state index in [2.05, 4.69) is 20.8 Å². The maximum absolute atomic E-state index is 6.40. The molecule has 0 bridgehead atoms. The molecule has 4 atom stereocenters. The monoisotopic (exact) mass is 281 g/mol. The third kappa shape index (κ3) is 4.46. The molecule has 0 heterocycles. The molecule has 20 heavy (non-hydrogen) atoms. The van der Waals surface area contributed by atoms with Gasteiger partial charge in [0.15, 0.2) is 0 Å². The maximum atomic E-state index is 6.40. The van der Waals surface area contributed by atoms with Crippen LogP contribution in [0.15, 0.2) is 0 Å². The second-order valence-electron chi connectivity index (χ2n) is 7.76. The van der Waals surface area contributed by atoms with Gasteiger partial charge in [0.2, 0.25) is 0 Å². The Hall–Kier alpha value is -0.0800. The first-order valence-corrected chi connectivity index (χ1v) is 8.95. The third-order valence-electron chi connectivity index (χ3n) is 5.72. The molecule has 0 radical (unpaired) electrons. The van der Waals surface area contributed by atoms with Crippen LogP contribution in [0.25, 0.3) is 0 Å². The van der Waals surface area contributed by atoms with Crippen LogP contribution in [0.5, 0.6) is 0 Å². The average Bonchev–Trinajstić information content (AvgIpc) is 2.45. The molecule has 2 rings (SSSR count). The molecule has 0 aromatic carbocycles.